The summed E-state index contributed by atoms with van der Waals surface area (Å²) in [4.78, 5) is 10.6. The molecule has 75 valence electrons. The minimum atomic E-state index is -0.266. The van der Waals surface area contributed by atoms with Crippen molar-refractivity contribution in [3.05, 3.63) is 19.1 Å². The average molecular weight is 183 g/mol. The third kappa shape index (κ3) is 9.12. The van der Waals surface area contributed by atoms with Crippen LogP contribution >= 0.6 is 0 Å². The maximum atomic E-state index is 10.6. The number of hydrogen-bond donors (Lipinski definition) is 0. The fourth-order valence-corrected chi connectivity index (χ4v) is 1.04. The van der Waals surface area contributed by atoms with Crippen molar-refractivity contribution in [3.63, 3.8) is 0 Å². The molecule has 2 nitrogen and oxygen atoms in total. The fraction of sp³-hybridized carbons (Fsp3) is 0.636. The van der Waals surface area contributed by atoms with Crippen LogP contribution in [0.5, 0.6) is 0 Å². The van der Waals surface area contributed by atoms with Crippen molar-refractivity contribution in [2.75, 3.05) is 7.11 Å². The molecule has 0 fully saturated rings. The van der Waals surface area contributed by atoms with E-state index in [0.717, 1.165) is 19.3 Å². The Hall–Kier alpha value is -0.790. The van der Waals surface area contributed by atoms with Crippen LogP contribution in [0.25, 0.3) is 0 Å². The van der Waals surface area contributed by atoms with Gasteiger partial charge in [0.05, 0.1) is 7.11 Å². The molecule has 0 saturated heterocycles. The van der Waals surface area contributed by atoms with Gasteiger partial charge in [-0.2, -0.15) is 0 Å². The third-order valence-corrected chi connectivity index (χ3v) is 1.83. The molecule has 13 heavy (non-hydrogen) atoms. The van der Waals surface area contributed by atoms with Gasteiger partial charge in [0.15, 0.2) is 0 Å². The Balaban J connectivity index is 3.15. The first-order chi connectivity index (χ1) is 6.31. The molecule has 0 spiro atoms. The quantitative estimate of drug-likeness (QED) is 0.344. The van der Waals surface area contributed by atoms with Gasteiger partial charge in [-0.3, -0.25) is 0 Å². The molecule has 0 aliphatic rings. The molecule has 0 heterocycles. The Morgan fingerprint density at radius 3 is 2.62 bits per heavy atom. The summed E-state index contributed by atoms with van der Waals surface area (Å²) in [6.07, 6.45) is 10.2. The first-order valence-electron chi connectivity index (χ1n) is 4.85. The van der Waals surface area contributed by atoms with Crippen LogP contribution < -0.4 is 0 Å². The smallest absolute Gasteiger partial charge is 0.330 e. The van der Waals surface area contributed by atoms with Crippen molar-refractivity contribution < 1.29 is 9.53 Å². The molecule has 0 aliphatic carbocycles. The lowest BCUT2D eigenvalue weighted by atomic mass is 10.1. The van der Waals surface area contributed by atoms with Crippen molar-refractivity contribution in [2.45, 2.75) is 38.5 Å². The maximum absolute atomic E-state index is 10.6. The number of unbranched alkanes of at least 4 members (excludes halogenated alkanes) is 5. The van der Waals surface area contributed by atoms with Gasteiger partial charge in [-0.25, -0.2) is 4.79 Å². The van der Waals surface area contributed by atoms with Crippen LogP contribution in [-0.2, 0) is 9.53 Å². The minimum absolute atomic E-state index is 0.266. The van der Waals surface area contributed by atoms with Gasteiger partial charge in [0.2, 0.25) is 0 Å². The second kappa shape index (κ2) is 9.30. The van der Waals surface area contributed by atoms with Crippen molar-refractivity contribution in [3.8, 4) is 0 Å². The maximum Gasteiger partial charge on any atom is 0.330 e. The van der Waals surface area contributed by atoms with Crippen molar-refractivity contribution >= 4 is 5.97 Å². The highest BCUT2D eigenvalue weighted by Gasteiger charge is 1.90. The Morgan fingerprint density at radius 2 is 2.00 bits per heavy atom. The van der Waals surface area contributed by atoms with E-state index in [0.29, 0.717) is 0 Å². The Morgan fingerprint density at radius 1 is 1.31 bits per heavy atom. The Labute approximate surface area is 81.0 Å². The second-order valence-electron chi connectivity index (χ2n) is 2.98. The summed E-state index contributed by atoms with van der Waals surface area (Å²) in [5.41, 5.74) is 0. The van der Waals surface area contributed by atoms with Gasteiger partial charge >= 0.3 is 5.97 Å². The minimum Gasteiger partial charge on any atom is -0.466 e. The molecule has 0 amide bonds. The van der Waals surface area contributed by atoms with Crippen molar-refractivity contribution in [1.29, 1.82) is 0 Å². The normalized spacial score (nSPS) is 10.6. The highest BCUT2D eigenvalue weighted by molar-refractivity contribution is 5.81. The van der Waals surface area contributed by atoms with Crippen molar-refractivity contribution in [2.24, 2.45) is 0 Å². The van der Waals surface area contributed by atoms with E-state index in [1.807, 2.05) is 6.08 Å². The van der Waals surface area contributed by atoms with E-state index in [4.69, 9.17) is 0 Å². The number of rotatable bonds is 7. The van der Waals surface area contributed by atoms with Gasteiger partial charge in [-0.15, -0.1) is 0 Å². The number of carbonyl (C=O) groups is 1. The highest BCUT2D eigenvalue weighted by atomic mass is 16.5. The third-order valence-electron chi connectivity index (χ3n) is 1.83. The fourth-order valence-electron chi connectivity index (χ4n) is 1.04. The summed E-state index contributed by atoms with van der Waals surface area (Å²) in [5, 5.41) is 0. The van der Waals surface area contributed by atoms with E-state index in [-0.39, 0.29) is 5.97 Å². The lowest BCUT2D eigenvalue weighted by molar-refractivity contribution is -0.134. The monoisotopic (exact) mass is 183 g/mol. The van der Waals surface area contributed by atoms with E-state index in [2.05, 4.69) is 11.7 Å². The number of ether oxygens (including phenoxy) is 1. The highest BCUT2D eigenvalue weighted by Crippen LogP contribution is 2.04. The summed E-state index contributed by atoms with van der Waals surface area (Å²) >= 11 is 0. The van der Waals surface area contributed by atoms with E-state index in [1.165, 1.54) is 32.4 Å². The van der Waals surface area contributed by atoms with E-state index < -0.39 is 0 Å². The first-order valence-corrected chi connectivity index (χ1v) is 4.85. The summed E-state index contributed by atoms with van der Waals surface area (Å²) in [6, 6.07) is 0. The van der Waals surface area contributed by atoms with Gasteiger partial charge in [-0.05, 0) is 12.8 Å². The van der Waals surface area contributed by atoms with Gasteiger partial charge in [-0.1, -0.05) is 38.7 Å². The molecule has 0 saturated carbocycles. The summed E-state index contributed by atoms with van der Waals surface area (Å²) in [5.74, 6) is -0.266. The lowest BCUT2D eigenvalue weighted by Gasteiger charge is -1.95. The number of allylic oxidation sites excluding steroid dienone is 1. The number of esters is 1. The lowest BCUT2D eigenvalue weighted by Crippen LogP contribution is -1.93. The second-order valence-corrected chi connectivity index (χ2v) is 2.98. The van der Waals surface area contributed by atoms with E-state index >= 15 is 0 Å². The molecule has 0 aliphatic heterocycles. The van der Waals surface area contributed by atoms with E-state index in [9.17, 15) is 4.79 Å². The molecule has 0 aromatic carbocycles. The molecule has 0 bridgehead atoms. The Kier molecular flexibility index (Phi) is 8.73. The number of methoxy groups -OCH3 is 1. The van der Waals surface area contributed by atoms with Crippen LogP contribution in [0.4, 0.5) is 0 Å². The van der Waals surface area contributed by atoms with Gasteiger partial charge in [0.1, 0.15) is 0 Å². The van der Waals surface area contributed by atoms with Crippen LogP contribution in [0.3, 0.4) is 0 Å². The zero-order valence-corrected chi connectivity index (χ0v) is 8.42. The molecule has 0 atom stereocenters. The zero-order valence-electron chi connectivity index (χ0n) is 8.42. The van der Waals surface area contributed by atoms with Crippen LogP contribution in [0, 0.1) is 6.92 Å². The molecule has 0 aromatic rings. The summed E-state index contributed by atoms with van der Waals surface area (Å²) < 4.78 is 4.46. The molecular weight excluding hydrogens is 164 g/mol. The van der Waals surface area contributed by atoms with Crippen LogP contribution in [-0.4, -0.2) is 13.1 Å². The summed E-state index contributed by atoms with van der Waals surface area (Å²) in [7, 11) is 1.39. The van der Waals surface area contributed by atoms with Crippen LogP contribution in [0.1, 0.15) is 38.5 Å². The molecule has 0 unspecified atom stereocenters. The van der Waals surface area contributed by atoms with Gasteiger partial charge in [0, 0.05) is 6.08 Å². The topological polar surface area (TPSA) is 26.3 Å². The molecule has 1 radical (unpaired) electrons. The van der Waals surface area contributed by atoms with E-state index in [1.54, 1.807) is 0 Å². The predicted octanol–water partition coefficient (Wildman–Crippen LogP) is 2.89. The van der Waals surface area contributed by atoms with Gasteiger partial charge < -0.3 is 4.74 Å². The molecular formula is C11H19O2. The predicted molar refractivity (Wildman–Crippen MR) is 54.2 cm³/mol. The Bertz CT molecular complexity index is 150. The number of carbonyl (C=O) groups excluding carboxylic acids is 1. The van der Waals surface area contributed by atoms with Crippen LogP contribution in [0.2, 0.25) is 0 Å². The van der Waals surface area contributed by atoms with Crippen molar-refractivity contribution in [1.82, 2.24) is 0 Å². The SMILES string of the molecule is [CH2]CCCCCCC=CC(=O)OC. The largest absolute Gasteiger partial charge is 0.466 e. The molecule has 0 rings (SSSR count). The number of hydrogen-bond acceptors (Lipinski definition) is 2. The molecule has 2 heteroatoms. The average Bonchev–Trinajstić information content (AvgIpc) is 2.16. The zero-order chi connectivity index (χ0) is 9.94. The summed E-state index contributed by atoms with van der Waals surface area (Å²) in [6.45, 7) is 3.78. The molecule has 0 N–H and O–H groups in total. The standard InChI is InChI=1S/C11H19O2/c1-3-4-5-6-7-8-9-10-11(12)13-2/h9-10H,1,3-8H2,2H3. The van der Waals surface area contributed by atoms with Crippen LogP contribution in [0.15, 0.2) is 12.2 Å². The molecule has 0 aromatic heterocycles. The first kappa shape index (κ1) is 12.2. The van der Waals surface area contributed by atoms with Gasteiger partial charge in [0.25, 0.3) is 0 Å².